The van der Waals surface area contributed by atoms with Crippen molar-refractivity contribution >= 4 is 57.1 Å². The Morgan fingerprint density at radius 2 is 1.85 bits per heavy atom. The number of esters is 1. The summed E-state index contributed by atoms with van der Waals surface area (Å²) in [6.45, 7) is -0.964. The Kier molecular flexibility index (Phi) is 7.31. The number of nitrogens with zero attached hydrogens (tertiary/aromatic N) is 1. The van der Waals surface area contributed by atoms with Crippen molar-refractivity contribution < 1.29 is 32.3 Å². The van der Waals surface area contributed by atoms with E-state index in [1.165, 1.54) is 25.3 Å². The molecule has 0 aromatic heterocycles. The molecule has 0 spiro atoms. The largest absolute Gasteiger partial charge is 0.496 e. The normalized spacial score (nSPS) is 15.8. The molecule has 9 nitrogen and oxygen atoms in total. The lowest BCUT2D eigenvalue weighted by atomic mass is 10.1. The van der Waals surface area contributed by atoms with E-state index >= 15 is 0 Å². The lowest BCUT2D eigenvalue weighted by molar-refractivity contribution is -0.127. The van der Waals surface area contributed by atoms with Crippen LogP contribution < -0.4 is 10.1 Å². The van der Waals surface area contributed by atoms with Gasteiger partial charge in [-0.1, -0.05) is 23.2 Å². The summed E-state index contributed by atoms with van der Waals surface area (Å²) in [7, 11) is -2.00. The second-order valence-corrected chi connectivity index (χ2v) is 9.49. The van der Waals surface area contributed by atoms with Gasteiger partial charge in [-0.25, -0.2) is 17.5 Å². The molecule has 0 radical (unpaired) electrons. The van der Waals surface area contributed by atoms with Crippen molar-refractivity contribution in [3.8, 4) is 5.75 Å². The molecule has 33 heavy (non-hydrogen) atoms. The Morgan fingerprint density at radius 3 is 2.52 bits per heavy atom. The molecule has 0 bridgehead atoms. The fourth-order valence-electron chi connectivity index (χ4n) is 3.06. The molecule has 1 N–H and O–H groups in total. The summed E-state index contributed by atoms with van der Waals surface area (Å²) in [5.74, 6) is -2.07. The number of methoxy groups -OCH3 is 2. The number of amides is 2. The van der Waals surface area contributed by atoms with Gasteiger partial charge in [-0.2, -0.15) is 0 Å². The first-order valence-electron chi connectivity index (χ1n) is 9.34. The summed E-state index contributed by atoms with van der Waals surface area (Å²) in [5.41, 5.74) is 0.194. The van der Waals surface area contributed by atoms with Crippen LogP contribution in [-0.2, 0) is 24.3 Å². The second-order valence-electron chi connectivity index (χ2n) is 6.78. The van der Waals surface area contributed by atoms with Gasteiger partial charge in [0, 0.05) is 22.7 Å². The molecule has 1 saturated heterocycles. The molecule has 174 valence electrons. The summed E-state index contributed by atoms with van der Waals surface area (Å²) in [6.07, 6.45) is 1.39. The number of nitrogens with one attached hydrogen (secondary N) is 1. The number of carbonyl (C=O) groups is 3. The minimum absolute atomic E-state index is 0.0212. The quantitative estimate of drug-likeness (QED) is 0.482. The van der Waals surface area contributed by atoms with Crippen LogP contribution in [0, 0.1) is 0 Å². The van der Waals surface area contributed by atoms with Gasteiger partial charge in [-0.05, 0) is 42.5 Å². The number of hydrogen-bond donors (Lipinski definition) is 1. The van der Waals surface area contributed by atoms with Crippen molar-refractivity contribution in [2.45, 2.75) is 4.90 Å². The highest BCUT2D eigenvalue weighted by atomic mass is 35.5. The predicted octanol–water partition coefficient (Wildman–Crippen LogP) is 2.52. The van der Waals surface area contributed by atoms with Crippen LogP contribution >= 0.6 is 23.2 Å². The molecule has 1 aliphatic rings. The third kappa shape index (κ3) is 5.13. The van der Waals surface area contributed by atoms with Crippen LogP contribution in [0.5, 0.6) is 5.75 Å². The smallest absolute Gasteiger partial charge is 0.339 e. The maximum Gasteiger partial charge on any atom is 0.339 e. The standard InChI is InChI=1S/C21H18Cl2N2O7S/c1-31-18-6-3-14(22)8-12(18)7-13-10-24-19(26)11-25(20(13)27)33(29,30)15-4-5-17(23)16(9-15)21(28)32-2/h3-9H,10-11H2,1-2H3,(H,24,26). The van der Waals surface area contributed by atoms with E-state index in [-0.39, 0.29) is 22.7 Å². The van der Waals surface area contributed by atoms with E-state index in [0.717, 1.165) is 19.2 Å². The number of sulfonamides is 1. The molecule has 1 aliphatic heterocycles. The van der Waals surface area contributed by atoms with Crippen molar-refractivity contribution in [2.24, 2.45) is 0 Å². The molecule has 2 aromatic rings. The average molecular weight is 513 g/mol. The summed E-state index contributed by atoms with van der Waals surface area (Å²) >= 11 is 12.0. The fourth-order valence-corrected chi connectivity index (χ4v) is 4.82. The summed E-state index contributed by atoms with van der Waals surface area (Å²) in [6, 6.07) is 8.03. The first-order chi connectivity index (χ1) is 15.6. The molecule has 0 saturated carbocycles. The maximum atomic E-state index is 13.3. The van der Waals surface area contributed by atoms with E-state index in [1.54, 1.807) is 12.1 Å². The van der Waals surface area contributed by atoms with Crippen LogP contribution in [0.3, 0.4) is 0 Å². The van der Waals surface area contributed by atoms with E-state index < -0.39 is 39.2 Å². The molecule has 2 amide bonds. The van der Waals surface area contributed by atoms with Crippen LogP contribution in [0.25, 0.3) is 6.08 Å². The lowest BCUT2D eigenvalue weighted by Gasteiger charge is -2.20. The van der Waals surface area contributed by atoms with Gasteiger partial charge in [0.05, 0.1) is 29.7 Å². The number of halogens is 2. The number of hydrogen-bond acceptors (Lipinski definition) is 7. The van der Waals surface area contributed by atoms with Crippen molar-refractivity contribution in [2.75, 3.05) is 27.3 Å². The number of carbonyl (C=O) groups excluding carboxylic acids is 3. The monoisotopic (exact) mass is 512 g/mol. The first kappa shape index (κ1) is 24.6. The van der Waals surface area contributed by atoms with Gasteiger partial charge in [-0.3, -0.25) is 9.59 Å². The average Bonchev–Trinajstić information content (AvgIpc) is 2.92. The van der Waals surface area contributed by atoms with Crippen LogP contribution in [0.4, 0.5) is 0 Å². The Bertz CT molecular complexity index is 1280. The Hall–Kier alpha value is -3.08. The van der Waals surface area contributed by atoms with Crippen LogP contribution in [0.1, 0.15) is 15.9 Å². The molecule has 1 heterocycles. The molecule has 0 unspecified atom stereocenters. The van der Waals surface area contributed by atoms with Gasteiger partial charge in [-0.15, -0.1) is 0 Å². The fraction of sp³-hybridized carbons (Fsp3) is 0.190. The summed E-state index contributed by atoms with van der Waals surface area (Å²) < 4.78 is 36.9. The van der Waals surface area contributed by atoms with Gasteiger partial charge < -0.3 is 14.8 Å². The van der Waals surface area contributed by atoms with Gasteiger partial charge >= 0.3 is 5.97 Å². The molecular formula is C21H18Cl2N2O7S. The Morgan fingerprint density at radius 1 is 1.12 bits per heavy atom. The van der Waals surface area contributed by atoms with E-state index in [1.807, 2.05) is 0 Å². The third-order valence-electron chi connectivity index (χ3n) is 4.72. The predicted molar refractivity (Wildman–Crippen MR) is 121 cm³/mol. The van der Waals surface area contributed by atoms with Crippen LogP contribution in [-0.4, -0.2) is 57.8 Å². The zero-order valence-corrected chi connectivity index (χ0v) is 19.8. The Balaban J connectivity index is 2.09. The van der Waals surface area contributed by atoms with Gasteiger partial charge in [0.25, 0.3) is 15.9 Å². The molecule has 3 rings (SSSR count). The van der Waals surface area contributed by atoms with E-state index in [9.17, 15) is 22.8 Å². The molecule has 2 aromatic carbocycles. The molecule has 1 fully saturated rings. The van der Waals surface area contributed by atoms with Crippen molar-refractivity contribution in [1.82, 2.24) is 9.62 Å². The highest BCUT2D eigenvalue weighted by Crippen LogP contribution is 2.28. The third-order valence-corrected chi connectivity index (χ3v) is 7.01. The second kappa shape index (κ2) is 9.82. The minimum atomic E-state index is -4.54. The first-order valence-corrected chi connectivity index (χ1v) is 11.5. The topological polar surface area (TPSA) is 119 Å². The molecule has 12 heteroatoms. The van der Waals surface area contributed by atoms with Crippen molar-refractivity contribution in [1.29, 1.82) is 0 Å². The van der Waals surface area contributed by atoms with Crippen molar-refractivity contribution in [3.05, 3.63) is 63.1 Å². The lowest BCUT2D eigenvalue weighted by Crippen LogP contribution is -2.40. The highest BCUT2D eigenvalue weighted by Gasteiger charge is 2.36. The zero-order chi connectivity index (χ0) is 24.3. The zero-order valence-electron chi connectivity index (χ0n) is 17.4. The summed E-state index contributed by atoms with van der Waals surface area (Å²) in [4.78, 5) is 37.0. The summed E-state index contributed by atoms with van der Waals surface area (Å²) in [5, 5.41) is 2.83. The SMILES string of the molecule is COC(=O)c1cc(S(=O)(=O)N2CC(=O)NCC(=Cc3cc(Cl)ccc3OC)C2=O)ccc1Cl. The van der Waals surface area contributed by atoms with Crippen molar-refractivity contribution in [3.63, 3.8) is 0 Å². The highest BCUT2D eigenvalue weighted by molar-refractivity contribution is 7.89. The van der Waals surface area contributed by atoms with Crippen LogP contribution in [0.2, 0.25) is 10.0 Å². The molecular weight excluding hydrogens is 495 g/mol. The molecule has 0 atom stereocenters. The minimum Gasteiger partial charge on any atom is -0.496 e. The van der Waals surface area contributed by atoms with E-state index in [2.05, 4.69) is 10.1 Å². The Labute approximate surface area is 199 Å². The van der Waals surface area contributed by atoms with Crippen LogP contribution in [0.15, 0.2) is 46.9 Å². The molecule has 0 aliphatic carbocycles. The number of rotatable bonds is 5. The number of ether oxygens (including phenoxy) is 2. The maximum absolute atomic E-state index is 13.3. The van der Waals surface area contributed by atoms with Gasteiger partial charge in [0.15, 0.2) is 0 Å². The van der Waals surface area contributed by atoms with E-state index in [4.69, 9.17) is 27.9 Å². The van der Waals surface area contributed by atoms with Gasteiger partial charge in [0.1, 0.15) is 12.3 Å². The van der Waals surface area contributed by atoms with E-state index in [0.29, 0.717) is 20.6 Å². The number of benzene rings is 2. The van der Waals surface area contributed by atoms with Gasteiger partial charge in [0.2, 0.25) is 5.91 Å².